The molecule has 0 aromatic heterocycles. The van der Waals surface area contributed by atoms with Crippen LogP contribution in [0.25, 0.3) is 0 Å². The molecule has 0 aliphatic carbocycles. The summed E-state index contributed by atoms with van der Waals surface area (Å²) in [6.07, 6.45) is 0.760. The van der Waals surface area contributed by atoms with Crippen LogP contribution < -0.4 is 19.7 Å². The van der Waals surface area contributed by atoms with E-state index in [9.17, 15) is 9.59 Å². The summed E-state index contributed by atoms with van der Waals surface area (Å²) in [7, 11) is 3.12. The zero-order chi connectivity index (χ0) is 28.5. The fraction of sp³-hybridized carbons (Fsp3) is 0.375. The van der Waals surface area contributed by atoms with Gasteiger partial charge in [0.15, 0.2) is 11.5 Å². The van der Waals surface area contributed by atoms with Crippen molar-refractivity contribution < 1.29 is 19.1 Å². The average Bonchev–Trinajstić information content (AvgIpc) is 3.00. The smallest absolute Gasteiger partial charge is 0.254 e. The van der Waals surface area contributed by atoms with Crippen LogP contribution >= 0.6 is 11.6 Å². The fourth-order valence-electron chi connectivity index (χ4n) is 6.48. The van der Waals surface area contributed by atoms with Crippen molar-refractivity contribution in [2.24, 2.45) is 0 Å². The minimum absolute atomic E-state index is 0.0814. The Bertz CT molecular complexity index is 1460. The molecule has 1 N–H and O–H groups in total. The van der Waals surface area contributed by atoms with Crippen molar-refractivity contribution in [3.05, 3.63) is 87.9 Å². The molecule has 41 heavy (non-hydrogen) atoms. The van der Waals surface area contributed by atoms with Gasteiger partial charge in [-0.15, -0.1) is 0 Å². The van der Waals surface area contributed by atoms with Crippen LogP contribution in [0.15, 0.2) is 60.7 Å². The number of hydrogen-bond acceptors (Lipinski definition) is 6. The number of hydrogen-bond donors (Lipinski definition) is 1. The molecule has 214 valence electrons. The van der Waals surface area contributed by atoms with Crippen molar-refractivity contribution >= 4 is 29.1 Å². The molecule has 2 amide bonds. The summed E-state index contributed by atoms with van der Waals surface area (Å²) in [5, 5.41) is 3.96. The fourth-order valence-corrected chi connectivity index (χ4v) is 6.67. The summed E-state index contributed by atoms with van der Waals surface area (Å²) >= 11 is 6.19. The number of benzene rings is 3. The summed E-state index contributed by atoms with van der Waals surface area (Å²) in [5.41, 5.74) is 4.53. The lowest BCUT2D eigenvalue weighted by molar-refractivity contribution is -0.124. The van der Waals surface area contributed by atoms with Crippen LogP contribution in [0, 0.1) is 0 Å². The maximum absolute atomic E-state index is 14.0. The lowest BCUT2D eigenvalue weighted by Crippen LogP contribution is -2.51. The highest BCUT2D eigenvalue weighted by Gasteiger charge is 2.46. The number of fused-ring (bicyclic) bond motifs is 4. The Morgan fingerprint density at radius 3 is 2.44 bits per heavy atom. The molecule has 9 heteroatoms. The standard InChI is InChI=1S/C32H35ClN4O4/c1-40-27-19-25-26(20-28(27)41-2)32(39)37-12-10-21-6-3-4-9-24(21)30(37)29(25)31(38)34-11-13-35-14-16-36(17-15-35)23-8-5-7-22(33)18-23/h3-9,18-20,29-30H,10-17H2,1-2H3,(H,34,38). The number of nitrogens with one attached hydrogen (secondary N) is 1. The molecule has 8 nitrogen and oxygen atoms in total. The molecule has 0 spiro atoms. The van der Waals surface area contributed by atoms with E-state index in [0.29, 0.717) is 35.7 Å². The number of carbonyl (C=O) groups is 2. The molecule has 2 atom stereocenters. The highest BCUT2D eigenvalue weighted by Crippen LogP contribution is 2.48. The first-order valence-electron chi connectivity index (χ1n) is 14.1. The van der Waals surface area contributed by atoms with Crippen molar-refractivity contribution in [1.29, 1.82) is 0 Å². The monoisotopic (exact) mass is 574 g/mol. The van der Waals surface area contributed by atoms with Crippen molar-refractivity contribution in [2.45, 2.75) is 18.4 Å². The maximum atomic E-state index is 14.0. The Hall–Kier alpha value is -3.75. The molecular weight excluding hydrogens is 540 g/mol. The Labute approximate surface area is 245 Å². The van der Waals surface area contributed by atoms with Gasteiger partial charge in [-0.1, -0.05) is 41.9 Å². The second-order valence-corrected chi connectivity index (χ2v) is 11.2. The van der Waals surface area contributed by atoms with E-state index in [1.165, 1.54) is 5.56 Å². The van der Waals surface area contributed by atoms with Gasteiger partial charge in [0.1, 0.15) is 0 Å². The molecule has 0 bridgehead atoms. The molecule has 0 saturated carbocycles. The molecule has 0 radical (unpaired) electrons. The van der Waals surface area contributed by atoms with Gasteiger partial charge in [-0.3, -0.25) is 14.5 Å². The minimum Gasteiger partial charge on any atom is -0.493 e. The lowest BCUT2D eigenvalue weighted by Gasteiger charge is -2.45. The van der Waals surface area contributed by atoms with Crippen LogP contribution in [0.5, 0.6) is 11.5 Å². The van der Waals surface area contributed by atoms with Gasteiger partial charge in [0.2, 0.25) is 5.91 Å². The number of methoxy groups -OCH3 is 2. The largest absolute Gasteiger partial charge is 0.493 e. The number of anilines is 1. The van der Waals surface area contributed by atoms with Crippen LogP contribution in [-0.4, -0.2) is 81.6 Å². The third kappa shape index (κ3) is 5.22. The van der Waals surface area contributed by atoms with E-state index in [1.54, 1.807) is 26.4 Å². The van der Waals surface area contributed by atoms with E-state index < -0.39 is 5.92 Å². The minimum atomic E-state index is -0.566. The molecule has 3 aromatic rings. The van der Waals surface area contributed by atoms with Crippen molar-refractivity contribution in [2.75, 3.05) is 64.9 Å². The number of halogens is 1. The van der Waals surface area contributed by atoms with Gasteiger partial charge in [0.05, 0.1) is 26.2 Å². The molecule has 2 unspecified atom stereocenters. The molecule has 3 aliphatic heterocycles. The Morgan fingerprint density at radius 1 is 0.927 bits per heavy atom. The highest BCUT2D eigenvalue weighted by atomic mass is 35.5. The second kappa shape index (κ2) is 11.6. The Morgan fingerprint density at radius 2 is 1.68 bits per heavy atom. The third-order valence-electron chi connectivity index (χ3n) is 8.58. The summed E-state index contributed by atoms with van der Waals surface area (Å²) in [6, 6.07) is 19.2. The van der Waals surface area contributed by atoms with Crippen LogP contribution in [-0.2, 0) is 11.2 Å². The first-order valence-corrected chi connectivity index (χ1v) is 14.5. The molecule has 1 fully saturated rings. The quantitative estimate of drug-likeness (QED) is 0.457. The SMILES string of the molecule is COc1cc2c(cc1OC)C(C(=O)NCCN1CCN(c3cccc(Cl)c3)CC1)C1c3ccccc3CCN1C2=O. The first-order chi connectivity index (χ1) is 20.0. The molecule has 1 saturated heterocycles. The zero-order valence-corrected chi connectivity index (χ0v) is 24.2. The van der Waals surface area contributed by atoms with Crippen LogP contribution in [0.4, 0.5) is 5.69 Å². The predicted octanol–water partition coefficient (Wildman–Crippen LogP) is 4.13. The average molecular weight is 575 g/mol. The van der Waals surface area contributed by atoms with Gasteiger partial charge in [0.25, 0.3) is 5.91 Å². The van der Waals surface area contributed by atoms with Crippen LogP contribution in [0.2, 0.25) is 5.02 Å². The predicted molar refractivity (Wildman–Crippen MR) is 159 cm³/mol. The molecular formula is C32H35ClN4O4. The third-order valence-corrected chi connectivity index (χ3v) is 8.82. The first kappa shape index (κ1) is 27.4. The summed E-state index contributed by atoms with van der Waals surface area (Å²) in [5.74, 6) is 0.249. The summed E-state index contributed by atoms with van der Waals surface area (Å²) in [6.45, 7) is 5.47. The molecule has 3 heterocycles. The highest BCUT2D eigenvalue weighted by molar-refractivity contribution is 6.30. The van der Waals surface area contributed by atoms with Crippen molar-refractivity contribution in [3.8, 4) is 11.5 Å². The second-order valence-electron chi connectivity index (χ2n) is 10.8. The Kier molecular flexibility index (Phi) is 7.77. The van der Waals surface area contributed by atoms with Crippen LogP contribution in [0.1, 0.15) is 39.0 Å². The zero-order valence-electron chi connectivity index (χ0n) is 23.4. The van der Waals surface area contributed by atoms with E-state index >= 15 is 0 Å². The van der Waals surface area contributed by atoms with Crippen molar-refractivity contribution in [3.63, 3.8) is 0 Å². The van der Waals surface area contributed by atoms with Crippen LogP contribution in [0.3, 0.4) is 0 Å². The van der Waals surface area contributed by atoms with Gasteiger partial charge >= 0.3 is 0 Å². The van der Waals surface area contributed by atoms with Gasteiger partial charge in [-0.25, -0.2) is 0 Å². The Balaban J connectivity index is 1.20. The molecule has 6 rings (SSSR count). The number of amides is 2. The van der Waals surface area contributed by atoms with Gasteiger partial charge in [0, 0.05) is 62.1 Å². The van der Waals surface area contributed by atoms with E-state index in [2.05, 4.69) is 27.2 Å². The lowest BCUT2D eigenvalue weighted by atomic mass is 9.75. The van der Waals surface area contributed by atoms with E-state index in [1.807, 2.05) is 41.3 Å². The van der Waals surface area contributed by atoms with Gasteiger partial charge in [-0.05, 0) is 53.4 Å². The number of rotatable bonds is 7. The molecule has 3 aliphatic rings. The van der Waals surface area contributed by atoms with Crippen molar-refractivity contribution in [1.82, 2.24) is 15.1 Å². The van der Waals surface area contributed by atoms with E-state index in [4.69, 9.17) is 21.1 Å². The number of ether oxygens (including phenoxy) is 2. The summed E-state index contributed by atoms with van der Waals surface area (Å²) in [4.78, 5) is 34.4. The van der Waals surface area contributed by atoms with Gasteiger partial charge < -0.3 is 24.6 Å². The number of carbonyl (C=O) groups excluding carboxylic acids is 2. The van der Waals surface area contributed by atoms with Gasteiger partial charge in [-0.2, -0.15) is 0 Å². The van der Waals surface area contributed by atoms with E-state index in [0.717, 1.165) is 55.4 Å². The van der Waals surface area contributed by atoms with E-state index in [-0.39, 0.29) is 17.9 Å². The topological polar surface area (TPSA) is 74.4 Å². The number of nitrogens with zero attached hydrogens (tertiary/aromatic N) is 3. The number of piperazine rings is 1. The maximum Gasteiger partial charge on any atom is 0.254 e. The molecule has 3 aromatic carbocycles. The normalized spacial score (nSPS) is 20.1. The summed E-state index contributed by atoms with van der Waals surface area (Å²) < 4.78 is 11.1.